The van der Waals surface area contributed by atoms with Gasteiger partial charge in [0.05, 0.1) is 6.61 Å². The summed E-state index contributed by atoms with van der Waals surface area (Å²) in [6.45, 7) is 1.64. The van der Waals surface area contributed by atoms with Crippen molar-refractivity contribution in [2.75, 3.05) is 13.2 Å². The largest absolute Gasteiger partial charge is 0.379 e. The van der Waals surface area contributed by atoms with E-state index in [0.717, 1.165) is 12.8 Å². The minimum absolute atomic E-state index is 0.0636. The van der Waals surface area contributed by atoms with Crippen LogP contribution >= 0.6 is 11.3 Å². The molecule has 1 amide bonds. The second-order valence-electron chi connectivity index (χ2n) is 5.25. The molecule has 5 heteroatoms. The molecular weight excluding hydrogens is 248 g/mol. The van der Waals surface area contributed by atoms with E-state index >= 15 is 0 Å². The van der Waals surface area contributed by atoms with Gasteiger partial charge >= 0.3 is 0 Å². The average molecular weight is 266 g/mol. The van der Waals surface area contributed by atoms with E-state index in [1.54, 1.807) is 11.3 Å². The molecule has 1 aliphatic heterocycles. The van der Waals surface area contributed by atoms with Crippen molar-refractivity contribution in [3.05, 3.63) is 22.4 Å². The van der Waals surface area contributed by atoms with Gasteiger partial charge in [-0.2, -0.15) is 11.3 Å². The predicted molar refractivity (Wildman–Crippen MR) is 70.2 cm³/mol. The number of thiophene rings is 1. The topological polar surface area (TPSA) is 55.6 Å². The van der Waals surface area contributed by atoms with Crippen molar-refractivity contribution in [1.29, 1.82) is 0 Å². The van der Waals surface area contributed by atoms with Gasteiger partial charge in [-0.05, 0) is 41.7 Å². The fraction of sp³-hybridized carbons (Fsp3) is 0.615. The van der Waals surface area contributed by atoms with Crippen molar-refractivity contribution in [2.45, 2.75) is 37.4 Å². The van der Waals surface area contributed by atoms with Crippen LogP contribution in [0.15, 0.2) is 16.8 Å². The molecular formula is C13H18N2O2S. The highest BCUT2D eigenvalue weighted by atomic mass is 32.1. The maximum Gasteiger partial charge on any atom is 0.245 e. The zero-order valence-electron chi connectivity index (χ0n) is 10.3. The third-order valence-corrected chi connectivity index (χ3v) is 4.39. The fourth-order valence-corrected chi connectivity index (χ4v) is 3.03. The minimum Gasteiger partial charge on any atom is -0.379 e. The molecule has 1 saturated carbocycles. The van der Waals surface area contributed by atoms with Crippen LogP contribution in [0.25, 0.3) is 0 Å². The van der Waals surface area contributed by atoms with Gasteiger partial charge < -0.3 is 15.4 Å². The number of amides is 1. The van der Waals surface area contributed by atoms with Gasteiger partial charge in [0.15, 0.2) is 0 Å². The van der Waals surface area contributed by atoms with Gasteiger partial charge in [0, 0.05) is 19.2 Å². The number of hydrogen-bond acceptors (Lipinski definition) is 4. The summed E-state index contributed by atoms with van der Waals surface area (Å²) in [4.78, 5) is 14.6. The highest BCUT2D eigenvalue weighted by Gasteiger charge is 2.45. The van der Waals surface area contributed by atoms with E-state index < -0.39 is 5.54 Å². The molecule has 2 fully saturated rings. The van der Waals surface area contributed by atoms with Gasteiger partial charge in [-0.1, -0.05) is 0 Å². The molecule has 18 heavy (non-hydrogen) atoms. The van der Waals surface area contributed by atoms with Crippen molar-refractivity contribution < 1.29 is 9.53 Å². The van der Waals surface area contributed by atoms with Crippen molar-refractivity contribution in [3.63, 3.8) is 0 Å². The summed E-state index contributed by atoms with van der Waals surface area (Å²) < 4.78 is 5.30. The standard InChI is InChI=1S/C13H18N2O2S/c14-13(4-5-17-9-13)12(16)15(11-1-2-11)7-10-3-6-18-8-10/h3,6,8,11H,1-2,4-5,7,9,14H2. The number of hydrogen-bond donors (Lipinski definition) is 1. The number of carbonyl (C=O) groups is 1. The van der Waals surface area contributed by atoms with E-state index in [2.05, 4.69) is 11.4 Å². The molecule has 1 aliphatic carbocycles. The third-order valence-electron chi connectivity index (χ3n) is 3.66. The van der Waals surface area contributed by atoms with Gasteiger partial charge in [0.2, 0.25) is 5.91 Å². The minimum atomic E-state index is -0.793. The highest BCUT2D eigenvalue weighted by Crippen LogP contribution is 2.32. The molecule has 0 radical (unpaired) electrons. The van der Waals surface area contributed by atoms with Gasteiger partial charge in [0.25, 0.3) is 0 Å². The predicted octanol–water partition coefficient (Wildman–Crippen LogP) is 1.36. The lowest BCUT2D eigenvalue weighted by Gasteiger charge is -2.30. The van der Waals surface area contributed by atoms with Crippen molar-refractivity contribution in [1.82, 2.24) is 4.90 Å². The normalized spacial score (nSPS) is 27.4. The number of ether oxygens (including phenoxy) is 1. The van der Waals surface area contributed by atoms with Crippen LogP contribution in [0.2, 0.25) is 0 Å². The smallest absolute Gasteiger partial charge is 0.245 e. The van der Waals surface area contributed by atoms with Gasteiger partial charge in [-0.25, -0.2) is 0 Å². The number of nitrogens with two attached hydrogens (primary N) is 1. The zero-order chi connectivity index (χ0) is 12.6. The Labute approximate surface area is 111 Å². The first-order valence-electron chi connectivity index (χ1n) is 6.38. The number of carbonyl (C=O) groups excluding carboxylic acids is 1. The summed E-state index contributed by atoms with van der Waals surface area (Å²) in [6.07, 6.45) is 2.85. The number of nitrogens with zero attached hydrogens (tertiary/aromatic N) is 1. The Kier molecular flexibility index (Phi) is 3.13. The Morgan fingerprint density at radius 3 is 3.00 bits per heavy atom. The van der Waals surface area contributed by atoms with Gasteiger partial charge in [0.1, 0.15) is 5.54 Å². The first-order chi connectivity index (χ1) is 8.69. The Balaban J connectivity index is 1.75. The maximum absolute atomic E-state index is 12.6. The van der Waals surface area contributed by atoms with E-state index in [1.807, 2.05) is 10.3 Å². The number of rotatable bonds is 4. The van der Waals surface area contributed by atoms with E-state index in [4.69, 9.17) is 10.5 Å². The molecule has 1 aromatic rings. The lowest BCUT2D eigenvalue weighted by atomic mass is 9.98. The van der Waals surface area contributed by atoms with Crippen LogP contribution in [0.5, 0.6) is 0 Å². The van der Waals surface area contributed by atoms with Crippen molar-refractivity contribution in [3.8, 4) is 0 Å². The summed E-state index contributed by atoms with van der Waals surface area (Å²) in [5.74, 6) is 0.0636. The van der Waals surface area contributed by atoms with E-state index in [-0.39, 0.29) is 5.91 Å². The van der Waals surface area contributed by atoms with E-state index in [0.29, 0.717) is 32.2 Å². The van der Waals surface area contributed by atoms with Crippen LogP contribution in [0.4, 0.5) is 0 Å². The molecule has 98 valence electrons. The Morgan fingerprint density at radius 2 is 2.44 bits per heavy atom. The Morgan fingerprint density at radius 1 is 1.61 bits per heavy atom. The molecule has 1 unspecified atom stereocenters. The maximum atomic E-state index is 12.6. The summed E-state index contributed by atoms with van der Waals surface area (Å²) >= 11 is 1.66. The summed E-state index contributed by atoms with van der Waals surface area (Å²) in [5.41, 5.74) is 6.59. The third kappa shape index (κ3) is 2.30. The van der Waals surface area contributed by atoms with E-state index in [9.17, 15) is 4.79 Å². The molecule has 0 aromatic carbocycles. The van der Waals surface area contributed by atoms with Crippen LogP contribution in [0, 0.1) is 0 Å². The molecule has 0 bridgehead atoms. The zero-order valence-corrected chi connectivity index (χ0v) is 11.1. The van der Waals surface area contributed by atoms with Crippen LogP contribution in [0.1, 0.15) is 24.8 Å². The van der Waals surface area contributed by atoms with Crippen molar-refractivity contribution in [2.24, 2.45) is 5.73 Å². The summed E-state index contributed by atoms with van der Waals surface area (Å²) in [5, 5.41) is 4.14. The highest BCUT2D eigenvalue weighted by molar-refractivity contribution is 7.07. The molecule has 1 aromatic heterocycles. The molecule has 2 heterocycles. The van der Waals surface area contributed by atoms with Crippen LogP contribution in [-0.4, -0.2) is 35.6 Å². The van der Waals surface area contributed by atoms with Crippen LogP contribution in [0.3, 0.4) is 0 Å². The second-order valence-corrected chi connectivity index (χ2v) is 6.03. The molecule has 0 spiro atoms. The van der Waals surface area contributed by atoms with E-state index in [1.165, 1.54) is 5.56 Å². The molecule has 1 saturated heterocycles. The Bertz CT molecular complexity index is 422. The second kappa shape index (κ2) is 4.64. The first-order valence-corrected chi connectivity index (χ1v) is 7.32. The van der Waals surface area contributed by atoms with Crippen LogP contribution in [-0.2, 0) is 16.1 Å². The Hall–Kier alpha value is -0.910. The first kappa shape index (κ1) is 12.1. The monoisotopic (exact) mass is 266 g/mol. The van der Waals surface area contributed by atoms with Gasteiger partial charge in [-0.15, -0.1) is 0 Å². The van der Waals surface area contributed by atoms with Gasteiger partial charge in [-0.3, -0.25) is 4.79 Å². The molecule has 4 nitrogen and oxygen atoms in total. The lowest BCUT2D eigenvalue weighted by molar-refractivity contribution is -0.138. The fourth-order valence-electron chi connectivity index (χ4n) is 2.37. The summed E-state index contributed by atoms with van der Waals surface area (Å²) in [6, 6.07) is 2.46. The molecule has 1 atom stereocenters. The van der Waals surface area contributed by atoms with Crippen LogP contribution < -0.4 is 5.73 Å². The summed E-state index contributed by atoms with van der Waals surface area (Å²) in [7, 11) is 0. The molecule has 3 rings (SSSR count). The average Bonchev–Trinajstić information content (AvgIpc) is 2.89. The molecule has 2 N–H and O–H groups in total. The molecule has 2 aliphatic rings. The van der Waals surface area contributed by atoms with Crippen molar-refractivity contribution >= 4 is 17.2 Å². The quantitative estimate of drug-likeness (QED) is 0.895. The SMILES string of the molecule is NC1(C(=O)N(Cc2ccsc2)C2CC2)CCOC1. The lowest BCUT2D eigenvalue weighted by Crippen LogP contribution is -2.56.